The summed E-state index contributed by atoms with van der Waals surface area (Å²) in [5.41, 5.74) is 4.70. The second-order valence-electron chi connectivity index (χ2n) is 4.16. The van der Waals surface area contributed by atoms with Crippen LogP contribution in [0.4, 0.5) is 0 Å². The lowest BCUT2D eigenvalue weighted by Crippen LogP contribution is -2.54. The summed E-state index contributed by atoms with van der Waals surface area (Å²) >= 11 is 0. The number of hydrogen-bond donors (Lipinski definition) is 2. The van der Waals surface area contributed by atoms with E-state index in [9.17, 15) is 4.79 Å². The Morgan fingerprint density at radius 2 is 2.38 bits per heavy atom. The highest BCUT2D eigenvalue weighted by Crippen LogP contribution is 2.19. The predicted octanol–water partition coefficient (Wildman–Crippen LogP) is 0.0827. The molecule has 0 fully saturated rings. The van der Waals surface area contributed by atoms with Gasteiger partial charge >= 0.3 is 0 Å². The van der Waals surface area contributed by atoms with Gasteiger partial charge in [0.15, 0.2) is 0 Å². The van der Waals surface area contributed by atoms with E-state index < -0.39 is 5.54 Å². The van der Waals surface area contributed by atoms with Crippen LogP contribution in [0.2, 0.25) is 0 Å². The fourth-order valence-corrected chi connectivity index (χ4v) is 1.78. The molecule has 0 aliphatic carbocycles. The minimum Gasteiger partial charge on any atom is -0.368 e. The van der Waals surface area contributed by atoms with Gasteiger partial charge in [-0.2, -0.15) is 5.10 Å². The van der Waals surface area contributed by atoms with Crippen LogP contribution in [0.1, 0.15) is 33.2 Å². The second-order valence-corrected chi connectivity index (χ2v) is 4.16. The molecule has 16 heavy (non-hydrogen) atoms. The summed E-state index contributed by atoms with van der Waals surface area (Å²) in [6.45, 7) is 6.43. The van der Waals surface area contributed by atoms with Gasteiger partial charge in [-0.05, 0) is 26.8 Å². The average Bonchev–Trinajstić information content (AvgIpc) is 2.70. The molecule has 0 aliphatic heterocycles. The second kappa shape index (κ2) is 5.07. The number of carbonyl (C=O) groups is 1. The van der Waals surface area contributed by atoms with Crippen LogP contribution in [0.5, 0.6) is 0 Å². The predicted molar refractivity (Wildman–Crippen MR) is 60.6 cm³/mol. The lowest BCUT2D eigenvalue weighted by atomic mass is 9.93. The molecule has 90 valence electrons. The zero-order valence-electron chi connectivity index (χ0n) is 9.97. The average molecular weight is 225 g/mol. The molecule has 0 aliphatic rings. The number of nitrogens with zero attached hydrogens (tertiary/aromatic N) is 3. The van der Waals surface area contributed by atoms with Crippen molar-refractivity contribution in [2.24, 2.45) is 5.73 Å². The summed E-state index contributed by atoms with van der Waals surface area (Å²) in [6.07, 6.45) is 3.70. The largest absolute Gasteiger partial charge is 0.368 e. The van der Waals surface area contributed by atoms with Crippen LogP contribution in [-0.2, 0) is 4.79 Å². The third kappa shape index (κ3) is 2.79. The number of amides is 1. The first kappa shape index (κ1) is 12.6. The van der Waals surface area contributed by atoms with Gasteiger partial charge in [-0.3, -0.25) is 9.48 Å². The molecule has 0 aromatic carbocycles. The molecule has 0 saturated heterocycles. The minimum atomic E-state index is -0.708. The van der Waals surface area contributed by atoms with E-state index in [-0.39, 0.29) is 11.9 Å². The van der Waals surface area contributed by atoms with Crippen LogP contribution in [0.3, 0.4) is 0 Å². The van der Waals surface area contributed by atoms with Crippen molar-refractivity contribution >= 4 is 5.91 Å². The Labute approximate surface area is 95.2 Å². The molecule has 0 radical (unpaired) electrons. The molecular formula is C10H19N5O. The van der Waals surface area contributed by atoms with Crippen LogP contribution in [0, 0.1) is 0 Å². The van der Waals surface area contributed by atoms with Crippen molar-refractivity contribution in [1.29, 1.82) is 0 Å². The van der Waals surface area contributed by atoms with Crippen LogP contribution in [-0.4, -0.2) is 32.8 Å². The molecule has 6 heteroatoms. The van der Waals surface area contributed by atoms with Gasteiger partial charge < -0.3 is 11.1 Å². The molecule has 0 spiro atoms. The first-order valence-corrected chi connectivity index (χ1v) is 5.38. The highest BCUT2D eigenvalue weighted by atomic mass is 16.1. The molecule has 3 N–H and O–H groups in total. The maximum absolute atomic E-state index is 11.4. The molecule has 1 aromatic heterocycles. The lowest BCUT2D eigenvalue weighted by molar-refractivity contribution is -0.124. The molecule has 1 amide bonds. The standard InChI is InChI=1S/C10H19N5O/c1-4-13-10(3,9(11)16)5-8(2)15-7-12-6-14-15/h6-8,13H,4-5H2,1-3H3,(H2,11,16). The smallest absolute Gasteiger partial charge is 0.237 e. The Morgan fingerprint density at radius 3 is 2.81 bits per heavy atom. The monoisotopic (exact) mass is 225 g/mol. The number of rotatable bonds is 6. The Balaban J connectivity index is 2.72. The highest BCUT2D eigenvalue weighted by Gasteiger charge is 2.32. The zero-order chi connectivity index (χ0) is 12.2. The fraction of sp³-hybridized carbons (Fsp3) is 0.700. The van der Waals surface area contributed by atoms with Gasteiger partial charge in [0.2, 0.25) is 5.91 Å². The maximum atomic E-state index is 11.4. The lowest BCUT2D eigenvalue weighted by Gasteiger charge is -2.29. The third-order valence-electron chi connectivity index (χ3n) is 2.70. The van der Waals surface area contributed by atoms with Crippen molar-refractivity contribution in [1.82, 2.24) is 20.1 Å². The van der Waals surface area contributed by atoms with E-state index in [1.54, 1.807) is 11.0 Å². The summed E-state index contributed by atoms with van der Waals surface area (Å²) in [5, 5.41) is 7.16. The third-order valence-corrected chi connectivity index (χ3v) is 2.70. The van der Waals surface area contributed by atoms with Gasteiger partial charge in [0.25, 0.3) is 0 Å². The van der Waals surface area contributed by atoms with E-state index in [1.807, 2.05) is 20.8 Å². The summed E-state index contributed by atoms with van der Waals surface area (Å²) in [6, 6.07) is 0.0686. The molecule has 1 heterocycles. The molecular weight excluding hydrogens is 206 g/mol. The van der Waals surface area contributed by atoms with Crippen LogP contribution < -0.4 is 11.1 Å². The number of carbonyl (C=O) groups excluding carboxylic acids is 1. The molecule has 1 rings (SSSR count). The SMILES string of the molecule is CCNC(C)(CC(C)n1cncn1)C(N)=O. The normalized spacial score (nSPS) is 16.7. The zero-order valence-corrected chi connectivity index (χ0v) is 9.97. The van der Waals surface area contributed by atoms with Crippen molar-refractivity contribution in [3.05, 3.63) is 12.7 Å². The number of aromatic nitrogens is 3. The molecule has 0 saturated carbocycles. The van der Waals surface area contributed by atoms with Crippen LogP contribution >= 0.6 is 0 Å². The van der Waals surface area contributed by atoms with Crippen molar-refractivity contribution < 1.29 is 4.79 Å². The van der Waals surface area contributed by atoms with E-state index in [2.05, 4.69) is 15.4 Å². The van der Waals surface area contributed by atoms with E-state index >= 15 is 0 Å². The van der Waals surface area contributed by atoms with Crippen LogP contribution in [0.15, 0.2) is 12.7 Å². The van der Waals surface area contributed by atoms with Gasteiger partial charge in [0.1, 0.15) is 12.7 Å². The number of nitrogens with two attached hydrogens (primary N) is 1. The topological polar surface area (TPSA) is 85.8 Å². The van der Waals surface area contributed by atoms with Gasteiger partial charge in [-0.15, -0.1) is 0 Å². The first-order valence-electron chi connectivity index (χ1n) is 5.38. The van der Waals surface area contributed by atoms with Gasteiger partial charge in [-0.1, -0.05) is 6.92 Å². The molecule has 2 atom stereocenters. The summed E-state index contributed by atoms with van der Waals surface area (Å²) in [4.78, 5) is 15.3. The number of hydrogen-bond acceptors (Lipinski definition) is 4. The summed E-state index contributed by atoms with van der Waals surface area (Å²) in [5.74, 6) is -0.346. The van der Waals surface area contributed by atoms with E-state index in [0.717, 1.165) is 0 Å². The Morgan fingerprint density at radius 1 is 1.69 bits per heavy atom. The molecule has 1 aromatic rings. The quantitative estimate of drug-likeness (QED) is 0.718. The van der Waals surface area contributed by atoms with Crippen molar-refractivity contribution in [2.45, 2.75) is 38.8 Å². The maximum Gasteiger partial charge on any atom is 0.237 e. The highest BCUT2D eigenvalue weighted by molar-refractivity contribution is 5.84. The number of nitrogens with one attached hydrogen (secondary N) is 1. The van der Waals surface area contributed by atoms with Crippen molar-refractivity contribution in [3.63, 3.8) is 0 Å². The van der Waals surface area contributed by atoms with Gasteiger partial charge in [0, 0.05) is 0 Å². The van der Waals surface area contributed by atoms with Gasteiger partial charge in [-0.25, -0.2) is 4.98 Å². The van der Waals surface area contributed by atoms with Gasteiger partial charge in [0.05, 0.1) is 11.6 Å². The molecule has 2 unspecified atom stereocenters. The summed E-state index contributed by atoms with van der Waals surface area (Å²) < 4.78 is 1.72. The molecule has 0 bridgehead atoms. The number of primary amides is 1. The van der Waals surface area contributed by atoms with Crippen molar-refractivity contribution in [2.75, 3.05) is 6.54 Å². The first-order chi connectivity index (χ1) is 7.49. The van der Waals surface area contributed by atoms with E-state index in [4.69, 9.17) is 5.73 Å². The van der Waals surface area contributed by atoms with E-state index in [0.29, 0.717) is 13.0 Å². The minimum absolute atomic E-state index is 0.0686. The van der Waals surface area contributed by atoms with Crippen molar-refractivity contribution in [3.8, 4) is 0 Å². The molecule has 6 nitrogen and oxygen atoms in total. The van der Waals surface area contributed by atoms with Crippen LogP contribution in [0.25, 0.3) is 0 Å². The van der Waals surface area contributed by atoms with E-state index in [1.165, 1.54) is 6.33 Å². The summed E-state index contributed by atoms with van der Waals surface area (Å²) in [7, 11) is 0. The Bertz CT molecular complexity index is 337. The number of likely N-dealkylation sites (N-methyl/N-ethyl adjacent to an activating group) is 1. The fourth-order valence-electron chi connectivity index (χ4n) is 1.78. The Kier molecular flexibility index (Phi) is 4.00. The Hall–Kier alpha value is -1.43.